The van der Waals surface area contributed by atoms with E-state index in [1.54, 1.807) is 0 Å². The van der Waals surface area contributed by atoms with Crippen LogP contribution in [0.1, 0.15) is 43.0 Å². The molecule has 8 rings (SSSR count). The van der Waals surface area contributed by atoms with Gasteiger partial charge in [-0.05, 0) is 49.2 Å². The van der Waals surface area contributed by atoms with Crippen LogP contribution in [0, 0.1) is 5.41 Å². The van der Waals surface area contributed by atoms with Crippen molar-refractivity contribution in [3.8, 4) is 0 Å². The zero-order chi connectivity index (χ0) is 33.2. The van der Waals surface area contributed by atoms with Crippen LogP contribution < -0.4 is 0 Å². The van der Waals surface area contributed by atoms with E-state index in [1.165, 1.54) is 11.1 Å². The molecule has 6 aromatic rings. The van der Waals surface area contributed by atoms with Crippen molar-refractivity contribution >= 4 is 56.8 Å². The molecule has 0 aliphatic heterocycles. The highest BCUT2D eigenvalue weighted by atomic mass is 16.3. The van der Waals surface area contributed by atoms with Crippen molar-refractivity contribution in [3.63, 3.8) is 0 Å². The summed E-state index contributed by atoms with van der Waals surface area (Å²) in [5.74, 6) is 1.22. The molecule has 0 bridgehead atoms. The molecule has 4 aromatic carbocycles. The van der Waals surface area contributed by atoms with E-state index in [0.29, 0.717) is 18.2 Å². The lowest BCUT2D eigenvalue weighted by Crippen LogP contribution is -2.21. The lowest BCUT2D eigenvalue weighted by atomic mass is 9.72. The van der Waals surface area contributed by atoms with Crippen LogP contribution in [-0.2, 0) is 6.54 Å². The summed E-state index contributed by atoms with van der Waals surface area (Å²) in [4.78, 5) is 19.3. The Kier molecular flexibility index (Phi) is 8.02. The standard InChI is InChI=1S/C44H36N4O/c1-44(27-25-33(26-28-44)43(46-29-30-13-5-3-6-14-30)48-42(45-2)32-15-7-4-8-16-32)34-23-21-31(22-24-34)40-41-39(35-17-9-11-19-37(35)47-40)36-18-10-12-20-38(36)49-41/h3-21,23,25-27H,2,22,24,28-29H2,1H3/b46-43-,48-42-. The Labute approximate surface area is 286 Å². The van der Waals surface area contributed by atoms with Gasteiger partial charge in [0.2, 0.25) is 0 Å². The van der Waals surface area contributed by atoms with E-state index >= 15 is 0 Å². The second-order valence-electron chi connectivity index (χ2n) is 12.9. The van der Waals surface area contributed by atoms with Gasteiger partial charge in [-0.25, -0.2) is 15.0 Å². The predicted octanol–water partition coefficient (Wildman–Crippen LogP) is 10.9. The summed E-state index contributed by atoms with van der Waals surface area (Å²) in [6.07, 6.45) is 14.0. The van der Waals surface area contributed by atoms with E-state index in [1.807, 2.05) is 60.7 Å². The van der Waals surface area contributed by atoms with Gasteiger partial charge in [-0.2, -0.15) is 0 Å². The molecule has 1 atom stereocenters. The average Bonchev–Trinajstić information content (AvgIpc) is 3.56. The first kappa shape index (κ1) is 30.4. The van der Waals surface area contributed by atoms with Crippen LogP contribution in [0.5, 0.6) is 0 Å². The maximum Gasteiger partial charge on any atom is 0.161 e. The quantitative estimate of drug-likeness (QED) is 0.135. The number of fused-ring (bicyclic) bond motifs is 5. The molecule has 5 heteroatoms. The fraction of sp³-hybridized carbons (Fsp3) is 0.136. The fourth-order valence-electron chi connectivity index (χ4n) is 6.92. The van der Waals surface area contributed by atoms with Crippen LogP contribution in [0.4, 0.5) is 0 Å². The van der Waals surface area contributed by atoms with E-state index in [9.17, 15) is 0 Å². The van der Waals surface area contributed by atoms with E-state index in [0.717, 1.165) is 74.5 Å². The monoisotopic (exact) mass is 636 g/mol. The summed E-state index contributed by atoms with van der Waals surface area (Å²) < 4.78 is 6.48. The molecule has 0 spiro atoms. The third kappa shape index (κ3) is 5.89. The fourth-order valence-corrected chi connectivity index (χ4v) is 6.92. The van der Waals surface area contributed by atoms with Gasteiger partial charge in [0.25, 0.3) is 0 Å². The molecule has 0 amide bonds. The van der Waals surface area contributed by atoms with E-state index in [2.05, 4.69) is 97.5 Å². The van der Waals surface area contributed by atoms with Crippen LogP contribution in [0.15, 0.2) is 170 Å². The Bertz CT molecular complexity index is 2410. The molecule has 0 N–H and O–H groups in total. The molecule has 0 radical (unpaired) electrons. The van der Waals surface area contributed by atoms with Crippen LogP contribution in [0.25, 0.3) is 38.4 Å². The third-order valence-corrected chi connectivity index (χ3v) is 9.69. The normalized spacial score (nSPS) is 18.4. The summed E-state index contributed by atoms with van der Waals surface area (Å²) in [5, 5.41) is 3.39. The van der Waals surface area contributed by atoms with Gasteiger partial charge in [-0.15, -0.1) is 0 Å². The summed E-state index contributed by atoms with van der Waals surface area (Å²) in [6.45, 7) is 6.66. The molecular formula is C44H36N4O. The maximum atomic E-state index is 6.48. The van der Waals surface area contributed by atoms with Crippen molar-refractivity contribution in [2.45, 2.75) is 32.7 Å². The van der Waals surface area contributed by atoms with Gasteiger partial charge in [-0.3, -0.25) is 4.99 Å². The number of allylic oxidation sites excluding steroid dienone is 6. The minimum Gasteiger partial charge on any atom is -0.454 e. The number of furan rings is 1. The van der Waals surface area contributed by atoms with Crippen molar-refractivity contribution in [2.75, 3.05) is 0 Å². The topological polar surface area (TPSA) is 63.1 Å². The van der Waals surface area contributed by atoms with Gasteiger partial charge < -0.3 is 4.42 Å². The second-order valence-corrected chi connectivity index (χ2v) is 12.9. The van der Waals surface area contributed by atoms with Crippen LogP contribution in [0.2, 0.25) is 0 Å². The number of nitrogens with zero attached hydrogens (tertiary/aromatic N) is 4. The van der Waals surface area contributed by atoms with Crippen molar-refractivity contribution in [3.05, 3.63) is 168 Å². The SMILES string of the molecule is C=N/C(=N\C(=N/Cc1ccccc1)C1=CCC(C)(C2=CC=C(c3nc4ccccc4c4c3oc3ccccc34)CC2)C=C1)c1ccccc1. The number of para-hydroxylation sites is 2. The lowest BCUT2D eigenvalue weighted by molar-refractivity contribution is 0.495. The molecule has 2 aromatic heterocycles. The Morgan fingerprint density at radius 2 is 1.55 bits per heavy atom. The van der Waals surface area contributed by atoms with E-state index < -0.39 is 0 Å². The number of hydrogen-bond acceptors (Lipinski definition) is 3. The molecular weight excluding hydrogens is 601 g/mol. The van der Waals surface area contributed by atoms with Gasteiger partial charge in [0.15, 0.2) is 17.3 Å². The Morgan fingerprint density at radius 1 is 0.816 bits per heavy atom. The first-order valence-electron chi connectivity index (χ1n) is 16.8. The molecule has 2 heterocycles. The molecule has 5 nitrogen and oxygen atoms in total. The summed E-state index contributed by atoms with van der Waals surface area (Å²) in [6, 6.07) is 36.8. The molecule has 0 saturated carbocycles. The zero-order valence-corrected chi connectivity index (χ0v) is 27.5. The number of amidine groups is 2. The Morgan fingerprint density at radius 3 is 2.29 bits per heavy atom. The molecule has 49 heavy (non-hydrogen) atoms. The van der Waals surface area contributed by atoms with Gasteiger partial charge >= 0.3 is 0 Å². The first-order valence-corrected chi connectivity index (χ1v) is 16.8. The van der Waals surface area contributed by atoms with E-state index in [-0.39, 0.29) is 5.41 Å². The minimum absolute atomic E-state index is 0.121. The predicted molar refractivity (Wildman–Crippen MR) is 204 cm³/mol. The van der Waals surface area contributed by atoms with Crippen molar-refractivity contribution in [2.24, 2.45) is 20.4 Å². The zero-order valence-electron chi connectivity index (χ0n) is 27.5. The van der Waals surface area contributed by atoms with Crippen LogP contribution >= 0.6 is 0 Å². The number of rotatable bonds is 6. The largest absolute Gasteiger partial charge is 0.454 e. The average molecular weight is 637 g/mol. The second kappa shape index (κ2) is 12.9. The molecule has 2 aliphatic carbocycles. The summed E-state index contributed by atoms with van der Waals surface area (Å²) >= 11 is 0. The lowest BCUT2D eigenvalue weighted by Gasteiger charge is -2.33. The number of aliphatic imine (C=N–C) groups is 3. The Balaban J connectivity index is 1.11. The number of pyridine rings is 1. The molecule has 0 fully saturated rings. The molecule has 1 unspecified atom stereocenters. The number of aromatic nitrogens is 1. The van der Waals surface area contributed by atoms with Crippen molar-refractivity contribution < 1.29 is 4.42 Å². The van der Waals surface area contributed by atoms with Crippen LogP contribution in [-0.4, -0.2) is 23.4 Å². The van der Waals surface area contributed by atoms with Gasteiger partial charge in [0.1, 0.15) is 11.3 Å². The third-order valence-electron chi connectivity index (χ3n) is 9.69. The van der Waals surface area contributed by atoms with Crippen molar-refractivity contribution in [1.29, 1.82) is 0 Å². The molecule has 0 saturated heterocycles. The van der Waals surface area contributed by atoms with Gasteiger partial charge in [0, 0.05) is 32.7 Å². The highest BCUT2D eigenvalue weighted by Gasteiger charge is 2.30. The molecule has 238 valence electrons. The van der Waals surface area contributed by atoms with E-state index in [4.69, 9.17) is 19.4 Å². The Hall–Kier alpha value is -5.94. The van der Waals surface area contributed by atoms with Crippen molar-refractivity contribution in [1.82, 2.24) is 4.98 Å². The molecule has 2 aliphatic rings. The smallest absolute Gasteiger partial charge is 0.161 e. The number of benzene rings is 4. The summed E-state index contributed by atoms with van der Waals surface area (Å²) in [7, 11) is 0. The highest BCUT2D eigenvalue weighted by molar-refractivity contribution is 6.19. The minimum atomic E-state index is -0.121. The maximum absolute atomic E-state index is 6.48. The van der Waals surface area contributed by atoms with Crippen LogP contribution in [0.3, 0.4) is 0 Å². The van der Waals surface area contributed by atoms with Gasteiger partial charge in [-0.1, -0.05) is 140 Å². The highest BCUT2D eigenvalue weighted by Crippen LogP contribution is 2.44. The van der Waals surface area contributed by atoms with Gasteiger partial charge in [0.05, 0.1) is 12.1 Å². The summed E-state index contributed by atoms with van der Waals surface area (Å²) in [5.41, 5.74) is 9.19. The number of hydrogen-bond donors (Lipinski definition) is 0. The first-order chi connectivity index (χ1) is 24.1.